The maximum absolute atomic E-state index is 12.1. The molecule has 1 rings (SSSR count). The van der Waals surface area contributed by atoms with E-state index in [0.29, 0.717) is 31.2 Å². The number of rotatable bonds is 8. The van der Waals surface area contributed by atoms with E-state index in [4.69, 9.17) is 20.6 Å². The molecule has 102 valence electrons. The average molecular weight is 292 g/mol. The van der Waals surface area contributed by atoms with Crippen LogP contribution in [0, 0.1) is 0 Å². The Bertz CT molecular complexity index is 404. The molecule has 0 atom stereocenters. The molecular weight excluding hydrogens is 273 g/mol. The van der Waals surface area contributed by atoms with Gasteiger partial charge in [-0.1, -0.05) is 29.8 Å². The Hall–Kier alpha value is -0.380. The van der Waals surface area contributed by atoms with Crippen molar-refractivity contribution < 1.29 is 13.6 Å². The van der Waals surface area contributed by atoms with Gasteiger partial charge in [-0.2, -0.15) is 0 Å². The van der Waals surface area contributed by atoms with Crippen molar-refractivity contribution in [1.29, 1.82) is 0 Å². The van der Waals surface area contributed by atoms with E-state index < -0.39 is 7.75 Å². The van der Waals surface area contributed by atoms with E-state index in [1.54, 1.807) is 13.8 Å². The Morgan fingerprint density at radius 2 is 1.83 bits per heavy atom. The van der Waals surface area contributed by atoms with Crippen LogP contribution < -0.4 is 5.09 Å². The van der Waals surface area contributed by atoms with Gasteiger partial charge in [0, 0.05) is 11.6 Å². The summed E-state index contributed by atoms with van der Waals surface area (Å²) in [5, 5.41) is 3.54. The van der Waals surface area contributed by atoms with Crippen molar-refractivity contribution in [2.45, 2.75) is 20.3 Å². The van der Waals surface area contributed by atoms with Gasteiger partial charge < -0.3 is 0 Å². The van der Waals surface area contributed by atoms with E-state index in [1.165, 1.54) is 0 Å². The normalized spacial score (nSPS) is 11.7. The van der Waals surface area contributed by atoms with Gasteiger partial charge in [0.15, 0.2) is 0 Å². The molecule has 6 heteroatoms. The summed E-state index contributed by atoms with van der Waals surface area (Å²) in [6.07, 6.45) is 0.670. The number of halogens is 1. The first-order valence-electron chi connectivity index (χ1n) is 5.99. The molecule has 0 amide bonds. The van der Waals surface area contributed by atoms with E-state index in [2.05, 4.69) is 5.09 Å². The van der Waals surface area contributed by atoms with Crippen molar-refractivity contribution in [3.63, 3.8) is 0 Å². The quantitative estimate of drug-likeness (QED) is 0.743. The van der Waals surface area contributed by atoms with Gasteiger partial charge in [-0.15, -0.1) is 0 Å². The van der Waals surface area contributed by atoms with Crippen LogP contribution in [0.5, 0.6) is 0 Å². The first-order chi connectivity index (χ1) is 8.61. The highest BCUT2D eigenvalue weighted by Crippen LogP contribution is 2.43. The molecule has 0 saturated carbocycles. The van der Waals surface area contributed by atoms with Gasteiger partial charge in [-0.25, -0.2) is 9.65 Å². The fourth-order valence-corrected chi connectivity index (χ4v) is 3.05. The summed E-state index contributed by atoms with van der Waals surface area (Å²) in [4.78, 5) is 0. The summed E-state index contributed by atoms with van der Waals surface area (Å²) in [5.41, 5.74) is 1.01. The molecule has 0 unspecified atom stereocenters. The zero-order chi connectivity index (χ0) is 13.4. The van der Waals surface area contributed by atoms with Gasteiger partial charge in [0.1, 0.15) is 0 Å². The summed E-state index contributed by atoms with van der Waals surface area (Å²) in [7, 11) is -3.16. The summed E-state index contributed by atoms with van der Waals surface area (Å²) in [6.45, 7) is 4.73. The summed E-state index contributed by atoms with van der Waals surface area (Å²) in [5.74, 6) is 0. The molecular formula is C12H19ClNO3P. The highest BCUT2D eigenvalue weighted by atomic mass is 35.5. The third kappa shape index (κ3) is 5.09. The van der Waals surface area contributed by atoms with Crippen LogP contribution in [0.15, 0.2) is 24.3 Å². The van der Waals surface area contributed by atoms with Crippen LogP contribution in [0.4, 0.5) is 0 Å². The van der Waals surface area contributed by atoms with Crippen LogP contribution in [-0.4, -0.2) is 19.8 Å². The molecule has 1 N–H and O–H groups in total. The largest absolute Gasteiger partial charge is 0.405 e. The second-order valence-electron chi connectivity index (χ2n) is 3.58. The maximum Gasteiger partial charge on any atom is 0.405 e. The standard InChI is InChI=1S/C12H19ClNO3P/c1-3-16-18(15,17-4-2)14-10-9-11-7-5-6-8-12(11)13/h5-8H,3-4,9-10H2,1-2H3,(H,14,15). The molecule has 4 nitrogen and oxygen atoms in total. The van der Waals surface area contributed by atoms with Crippen molar-refractivity contribution in [2.75, 3.05) is 19.8 Å². The first-order valence-corrected chi connectivity index (χ1v) is 7.91. The molecule has 0 aliphatic heterocycles. The van der Waals surface area contributed by atoms with Crippen molar-refractivity contribution in [1.82, 2.24) is 5.09 Å². The van der Waals surface area contributed by atoms with Crippen LogP contribution in [0.2, 0.25) is 5.02 Å². The van der Waals surface area contributed by atoms with E-state index in [0.717, 1.165) is 5.56 Å². The molecule has 1 aromatic carbocycles. The molecule has 0 bridgehead atoms. The van der Waals surface area contributed by atoms with E-state index in [1.807, 2.05) is 24.3 Å². The topological polar surface area (TPSA) is 47.6 Å². The van der Waals surface area contributed by atoms with E-state index in [9.17, 15) is 4.57 Å². The molecule has 0 aliphatic carbocycles. The van der Waals surface area contributed by atoms with Crippen LogP contribution >= 0.6 is 19.3 Å². The smallest absolute Gasteiger partial charge is 0.297 e. The van der Waals surface area contributed by atoms with Crippen molar-refractivity contribution in [3.05, 3.63) is 34.9 Å². The number of benzene rings is 1. The number of nitrogens with one attached hydrogen (secondary N) is 1. The predicted molar refractivity (Wildman–Crippen MR) is 74.0 cm³/mol. The van der Waals surface area contributed by atoms with E-state index >= 15 is 0 Å². The monoisotopic (exact) mass is 291 g/mol. The minimum atomic E-state index is -3.16. The van der Waals surface area contributed by atoms with Gasteiger partial charge in [-0.05, 0) is 31.9 Å². The van der Waals surface area contributed by atoms with Crippen LogP contribution in [-0.2, 0) is 20.0 Å². The third-order valence-corrected chi connectivity index (χ3v) is 4.43. The lowest BCUT2D eigenvalue weighted by atomic mass is 10.1. The van der Waals surface area contributed by atoms with E-state index in [-0.39, 0.29) is 0 Å². The third-order valence-electron chi connectivity index (χ3n) is 2.26. The highest BCUT2D eigenvalue weighted by molar-refractivity contribution is 7.51. The zero-order valence-electron chi connectivity index (χ0n) is 10.7. The number of hydrogen-bond donors (Lipinski definition) is 1. The molecule has 0 radical (unpaired) electrons. The Balaban J connectivity index is 2.49. The lowest BCUT2D eigenvalue weighted by Crippen LogP contribution is -2.18. The average Bonchev–Trinajstić information content (AvgIpc) is 2.32. The summed E-state index contributed by atoms with van der Waals surface area (Å²) in [6, 6.07) is 7.58. The minimum absolute atomic E-state index is 0.344. The van der Waals surface area contributed by atoms with Crippen molar-refractivity contribution in [2.24, 2.45) is 0 Å². The first kappa shape index (κ1) is 15.7. The Kier molecular flexibility index (Phi) is 6.90. The fraction of sp³-hybridized carbons (Fsp3) is 0.500. The lowest BCUT2D eigenvalue weighted by molar-refractivity contribution is 0.211. The molecule has 0 spiro atoms. The fourth-order valence-electron chi connectivity index (χ4n) is 1.50. The molecule has 0 heterocycles. The van der Waals surface area contributed by atoms with Crippen molar-refractivity contribution in [3.8, 4) is 0 Å². The highest BCUT2D eigenvalue weighted by Gasteiger charge is 2.22. The lowest BCUT2D eigenvalue weighted by Gasteiger charge is -2.17. The second kappa shape index (κ2) is 7.93. The minimum Gasteiger partial charge on any atom is -0.297 e. The zero-order valence-corrected chi connectivity index (χ0v) is 12.3. The SMILES string of the molecule is CCOP(=O)(NCCc1ccccc1Cl)OCC. The maximum atomic E-state index is 12.1. The molecule has 1 aromatic rings. The van der Waals surface area contributed by atoms with Crippen molar-refractivity contribution >= 4 is 19.3 Å². The van der Waals surface area contributed by atoms with Gasteiger partial charge in [0.05, 0.1) is 13.2 Å². The van der Waals surface area contributed by atoms with Gasteiger partial charge >= 0.3 is 7.75 Å². The predicted octanol–water partition coefficient (Wildman–Crippen LogP) is 3.65. The Morgan fingerprint density at radius 3 is 2.39 bits per heavy atom. The molecule has 0 fully saturated rings. The molecule has 0 saturated heterocycles. The molecule has 0 aliphatic rings. The summed E-state index contributed by atoms with van der Waals surface area (Å²) < 4.78 is 22.4. The Labute approximate surface area is 113 Å². The van der Waals surface area contributed by atoms with Gasteiger partial charge in [-0.3, -0.25) is 9.05 Å². The molecule has 18 heavy (non-hydrogen) atoms. The number of hydrogen-bond acceptors (Lipinski definition) is 3. The Morgan fingerprint density at radius 1 is 1.22 bits per heavy atom. The van der Waals surface area contributed by atoms with Crippen LogP contribution in [0.25, 0.3) is 0 Å². The van der Waals surface area contributed by atoms with Gasteiger partial charge in [0.25, 0.3) is 0 Å². The molecule has 0 aromatic heterocycles. The second-order valence-corrected chi connectivity index (χ2v) is 5.82. The summed E-state index contributed by atoms with van der Waals surface area (Å²) >= 11 is 6.04. The van der Waals surface area contributed by atoms with Crippen LogP contribution in [0.3, 0.4) is 0 Å². The van der Waals surface area contributed by atoms with Crippen LogP contribution in [0.1, 0.15) is 19.4 Å². The van der Waals surface area contributed by atoms with Gasteiger partial charge in [0.2, 0.25) is 0 Å².